The average molecular weight is 504 g/mol. The summed E-state index contributed by atoms with van der Waals surface area (Å²) in [6.45, 7) is 2.08. The number of amides is 2. The van der Waals surface area contributed by atoms with E-state index in [9.17, 15) is 14.9 Å². The number of carbonyl (C=O) groups is 2. The predicted octanol–water partition coefficient (Wildman–Crippen LogP) is 4.08. The van der Waals surface area contributed by atoms with Gasteiger partial charge in [0.05, 0.1) is 0 Å². The van der Waals surface area contributed by atoms with E-state index >= 15 is 0 Å². The fraction of sp³-hybridized carbons (Fsp3) is 0.852. The highest BCUT2D eigenvalue weighted by Crippen LogP contribution is 2.30. The topological polar surface area (TPSA) is 107 Å². The summed E-state index contributed by atoms with van der Waals surface area (Å²) in [4.78, 5) is 34.7. The van der Waals surface area contributed by atoms with Crippen molar-refractivity contribution in [3.05, 3.63) is 0 Å². The molecule has 0 aromatic carbocycles. The smallest absolute Gasteiger partial charge is 0.412 e. The number of ether oxygens (including phenoxy) is 2. The predicted molar refractivity (Wildman–Crippen MR) is 138 cm³/mol. The molecule has 0 bridgehead atoms. The van der Waals surface area contributed by atoms with Crippen LogP contribution in [0.4, 0.5) is 4.79 Å². The van der Waals surface area contributed by atoms with Gasteiger partial charge in [-0.3, -0.25) is 15.1 Å². The third kappa shape index (κ3) is 9.04. The molecule has 2 saturated carbocycles. The van der Waals surface area contributed by atoms with Gasteiger partial charge in [-0.15, -0.1) is 0 Å². The lowest BCUT2D eigenvalue weighted by molar-refractivity contribution is -0.131. The van der Waals surface area contributed by atoms with Crippen molar-refractivity contribution < 1.29 is 19.1 Å². The molecule has 0 aromatic heterocycles. The molecule has 9 heteroatoms. The molecule has 2 aliphatic carbocycles. The number of hydrogen-bond acceptors (Lipinski definition) is 7. The minimum atomic E-state index is -0.673. The quantitative estimate of drug-likeness (QED) is 0.167. The maximum atomic E-state index is 13.8. The minimum absolute atomic E-state index is 0.00778. The standard InChI is InChI=1S/C27H45N5O4/c1-31(2)15-18-36-27(34)30-25(22-13-16-35-17-14-22)29-24(19-21-9-5-3-4-6-10-21)26(33)32(20-28)23-11-7-8-12-23/h21-24H,3-19H2,1-2H3,(H,29,30,34). The summed E-state index contributed by atoms with van der Waals surface area (Å²) in [5.74, 6) is 0.675. The van der Waals surface area contributed by atoms with Crippen LogP contribution in [0.1, 0.15) is 83.5 Å². The summed E-state index contributed by atoms with van der Waals surface area (Å²) < 4.78 is 10.9. The van der Waals surface area contributed by atoms with Gasteiger partial charge in [-0.1, -0.05) is 51.4 Å². The fourth-order valence-electron chi connectivity index (χ4n) is 5.60. The van der Waals surface area contributed by atoms with Crippen molar-refractivity contribution in [3.63, 3.8) is 0 Å². The highest BCUT2D eigenvalue weighted by Gasteiger charge is 2.34. The molecule has 202 valence electrons. The van der Waals surface area contributed by atoms with Crippen LogP contribution < -0.4 is 5.32 Å². The van der Waals surface area contributed by atoms with E-state index in [1.807, 2.05) is 19.0 Å². The van der Waals surface area contributed by atoms with E-state index < -0.39 is 12.1 Å². The van der Waals surface area contributed by atoms with Crippen LogP contribution in [0.3, 0.4) is 0 Å². The lowest BCUT2D eigenvalue weighted by Gasteiger charge is -2.29. The Labute approximate surface area is 216 Å². The number of likely N-dealkylation sites (N-methyl/N-ethyl adjacent to an activating group) is 1. The molecule has 1 saturated heterocycles. The maximum absolute atomic E-state index is 13.8. The van der Waals surface area contributed by atoms with E-state index in [2.05, 4.69) is 11.5 Å². The van der Waals surface area contributed by atoms with Gasteiger partial charge < -0.3 is 14.4 Å². The second kappa shape index (κ2) is 15.2. The van der Waals surface area contributed by atoms with E-state index in [-0.39, 0.29) is 24.5 Å². The molecule has 1 N–H and O–H groups in total. The van der Waals surface area contributed by atoms with Crippen molar-refractivity contribution in [2.75, 3.05) is 40.5 Å². The van der Waals surface area contributed by atoms with Gasteiger partial charge in [-0.2, -0.15) is 5.26 Å². The summed E-state index contributed by atoms with van der Waals surface area (Å²) in [6, 6.07) is -0.710. The van der Waals surface area contributed by atoms with Gasteiger partial charge in [-0.05, 0) is 52.1 Å². The van der Waals surface area contributed by atoms with Crippen LogP contribution >= 0.6 is 0 Å². The summed E-state index contributed by atoms with van der Waals surface area (Å²) in [5.41, 5.74) is 0. The third-order valence-electron chi connectivity index (χ3n) is 7.76. The van der Waals surface area contributed by atoms with Crippen LogP contribution in [0.15, 0.2) is 4.99 Å². The average Bonchev–Trinajstić information content (AvgIpc) is 3.27. The fourth-order valence-corrected chi connectivity index (χ4v) is 5.60. The number of alkyl carbamates (subject to hydrolysis) is 1. The normalized spacial score (nSPS) is 21.6. The molecule has 36 heavy (non-hydrogen) atoms. The van der Waals surface area contributed by atoms with Crippen molar-refractivity contribution in [1.82, 2.24) is 15.1 Å². The molecule has 3 rings (SSSR count). The van der Waals surface area contributed by atoms with Crippen molar-refractivity contribution in [1.29, 1.82) is 5.26 Å². The number of aliphatic imine (C=N–C) groups is 1. The minimum Gasteiger partial charge on any atom is -0.448 e. The molecule has 0 aromatic rings. The summed E-state index contributed by atoms with van der Waals surface area (Å²) in [6.07, 6.45) is 14.5. The molecule has 1 heterocycles. The van der Waals surface area contributed by atoms with Crippen LogP contribution in [-0.4, -0.2) is 80.2 Å². The summed E-state index contributed by atoms with van der Waals surface area (Å²) in [7, 11) is 3.84. The van der Waals surface area contributed by atoms with Gasteiger partial charge in [0, 0.05) is 31.7 Å². The number of nitriles is 1. The van der Waals surface area contributed by atoms with Gasteiger partial charge in [0.1, 0.15) is 18.5 Å². The lowest BCUT2D eigenvalue weighted by Crippen LogP contribution is -2.45. The monoisotopic (exact) mass is 503 g/mol. The number of nitrogens with zero attached hydrogens (tertiary/aromatic N) is 4. The molecule has 1 unspecified atom stereocenters. The van der Waals surface area contributed by atoms with Crippen molar-refractivity contribution >= 4 is 17.8 Å². The zero-order valence-electron chi connectivity index (χ0n) is 22.3. The van der Waals surface area contributed by atoms with Crippen LogP contribution in [0.25, 0.3) is 0 Å². The molecule has 0 radical (unpaired) electrons. The Balaban J connectivity index is 1.83. The second-order valence-electron chi connectivity index (χ2n) is 10.8. The number of amidine groups is 1. The highest BCUT2D eigenvalue weighted by molar-refractivity contribution is 5.98. The molecule has 3 aliphatic rings. The molecule has 0 spiro atoms. The first-order valence-electron chi connectivity index (χ1n) is 13.9. The van der Waals surface area contributed by atoms with Gasteiger partial charge in [0.25, 0.3) is 5.91 Å². The molecule has 3 fully saturated rings. The van der Waals surface area contributed by atoms with Crippen LogP contribution in [-0.2, 0) is 14.3 Å². The van der Waals surface area contributed by atoms with Crippen LogP contribution in [0.2, 0.25) is 0 Å². The number of hydrogen-bond donors (Lipinski definition) is 1. The van der Waals surface area contributed by atoms with E-state index in [4.69, 9.17) is 14.5 Å². The number of carbonyl (C=O) groups excluding carboxylic acids is 2. The van der Waals surface area contributed by atoms with Gasteiger partial charge in [-0.25, -0.2) is 9.69 Å². The lowest BCUT2D eigenvalue weighted by atomic mass is 9.91. The summed E-state index contributed by atoms with van der Waals surface area (Å²) >= 11 is 0. The Morgan fingerprint density at radius 1 is 1.03 bits per heavy atom. The molecule has 2 amide bonds. The molecular weight excluding hydrogens is 458 g/mol. The summed E-state index contributed by atoms with van der Waals surface area (Å²) in [5, 5.41) is 12.8. The second-order valence-corrected chi connectivity index (χ2v) is 10.8. The molecule has 9 nitrogen and oxygen atoms in total. The first-order chi connectivity index (χ1) is 17.5. The van der Waals surface area contributed by atoms with E-state index in [1.54, 1.807) is 0 Å². The number of rotatable bonds is 9. The molecule has 1 aliphatic heterocycles. The molecular formula is C27H45N5O4. The molecule has 1 atom stereocenters. The Bertz CT molecular complexity index is 761. The first-order valence-corrected chi connectivity index (χ1v) is 13.9. The Hall–Kier alpha value is -2.18. The Morgan fingerprint density at radius 2 is 1.67 bits per heavy atom. The third-order valence-corrected chi connectivity index (χ3v) is 7.76. The Kier molecular flexibility index (Phi) is 12.0. The first kappa shape index (κ1) is 28.4. The van der Waals surface area contributed by atoms with Crippen LogP contribution in [0.5, 0.6) is 0 Å². The zero-order chi connectivity index (χ0) is 25.8. The van der Waals surface area contributed by atoms with Gasteiger partial charge in [0.2, 0.25) is 0 Å². The van der Waals surface area contributed by atoms with Crippen molar-refractivity contribution in [3.8, 4) is 6.19 Å². The van der Waals surface area contributed by atoms with Gasteiger partial charge >= 0.3 is 6.09 Å². The Morgan fingerprint density at radius 3 is 2.28 bits per heavy atom. The van der Waals surface area contributed by atoms with Crippen molar-refractivity contribution in [2.24, 2.45) is 16.8 Å². The number of nitrogens with one attached hydrogen (secondary N) is 1. The van der Waals surface area contributed by atoms with E-state index in [0.29, 0.717) is 37.9 Å². The zero-order valence-corrected chi connectivity index (χ0v) is 22.3. The SMILES string of the molecule is CN(C)CCOC(=O)NC(=NC(CC1CCCCCC1)C(=O)N(C#N)C1CCCC1)C1CCOCC1. The van der Waals surface area contributed by atoms with E-state index in [1.165, 1.54) is 30.6 Å². The van der Waals surface area contributed by atoms with Gasteiger partial charge in [0.15, 0.2) is 6.19 Å². The highest BCUT2D eigenvalue weighted by atomic mass is 16.5. The maximum Gasteiger partial charge on any atom is 0.412 e. The largest absolute Gasteiger partial charge is 0.448 e. The van der Waals surface area contributed by atoms with Crippen molar-refractivity contribution in [2.45, 2.75) is 95.6 Å². The van der Waals surface area contributed by atoms with Crippen LogP contribution in [0, 0.1) is 23.3 Å². The van der Waals surface area contributed by atoms with E-state index in [0.717, 1.165) is 51.4 Å².